The third kappa shape index (κ3) is 3.87. The van der Waals surface area contributed by atoms with E-state index in [1.807, 2.05) is 6.07 Å². The standard InChI is InChI=1S/C19H25ClN2O2S/c20-19-16-3-1-2-4-17(16)25-18(19)12-22-10-14(15(11-22)13-23)9-21-5-7-24-8-6-21/h1-4,14-15,23H,5-13H2/t14-,15-/m0/s1. The van der Waals surface area contributed by atoms with Crippen LogP contribution < -0.4 is 0 Å². The molecule has 3 heterocycles. The van der Waals surface area contributed by atoms with Crippen molar-refractivity contribution in [2.75, 3.05) is 52.5 Å². The minimum Gasteiger partial charge on any atom is -0.396 e. The van der Waals surface area contributed by atoms with E-state index in [-0.39, 0.29) is 6.61 Å². The summed E-state index contributed by atoms with van der Waals surface area (Å²) >= 11 is 8.40. The van der Waals surface area contributed by atoms with Gasteiger partial charge in [0.1, 0.15) is 0 Å². The average molecular weight is 381 g/mol. The summed E-state index contributed by atoms with van der Waals surface area (Å²) in [5.41, 5.74) is 0. The quantitative estimate of drug-likeness (QED) is 0.865. The van der Waals surface area contributed by atoms with Gasteiger partial charge in [-0.2, -0.15) is 0 Å². The highest BCUT2D eigenvalue weighted by atomic mass is 35.5. The number of rotatable bonds is 5. The summed E-state index contributed by atoms with van der Waals surface area (Å²) < 4.78 is 6.70. The van der Waals surface area contributed by atoms with Crippen molar-refractivity contribution in [3.63, 3.8) is 0 Å². The van der Waals surface area contributed by atoms with Crippen LogP contribution in [-0.2, 0) is 11.3 Å². The zero-order chi connectivity index (χ0) is 17.2. The lowest BCUT2D eigenvalue weighted by Crippen LogP contribution is -2.41. The number of nitrogens with zero attached hydrogens (tertiary/aromatic N) is 2. The number of halogens is 1. The van der Waals surface area contributed by atoms with Crippen molar-refractivity contribution < 1.29 is 9.84 Å². The Balaban J connectivity index is 1.43. The van der Waals surface area contributed by atoms with Gasteiger partial charge in [0.25, 0.3) is 0 Å². The maximum atomic E-state index is 9.83. The lowest BCUT2D eigenvalue weighted by molar-refractivity contribution is 0.0264. The third-order valence-corrected chi connectivity index (χ3v) is 7.15. The van der Waals surface area contributed by atoms with Gasteiger partial charge in [0.15, 0.2) is 0 Å². The Morgan fingerprint density at radius 1 is 1.12 bits per heavy atom. The molecule has 0 unspecified atom stereocenters. The van der Waals surface area contributed by atoms with Crippen LogP contribution in [0, 0.1) is 11.8 Å². The summed E-state index contributed by atoms with van der Waals surface area (Å²) in [6.45, 7) is 7.89. The molecule has 2 saturated heterocycles. The van der Waals surface area contributed by atoms with E-state index < -0.39 is 0 Å². The molecule has 1 aromatic heterocycles. The molecular weight excluding hydrogens is 356 g/mol. The second kappa shape index (κ2) is 7.91. The fraction of sp³-hybridized carbons (Fsp3) is 0.579. The monoisotopic (exact) mass is 380 g/mol. The van der Waals surface area contributed by atoms with Crippen LogP contribution in [0.2, 0.25) is 5.02 Å². The first-order valence-corrected chi connectivity index (χ1v) is 10.2. The molecule has 2 aromatic rings. The molecule has 136 valence electrons. The van der Waals surface area contributed by atoms with E-state index in [1.165, 1.54) is 9.58 Å². The van der Waals surface area contributed by atoms with Gasteiger partial charge in [-0.15, -0.1) is 11.3 Å². The maximum Gasteiger partial charge on any atom is 0.0637 e. The number of ether oxygens (including phenoxy) is 1. The molecule has 0 amide bonds. The van der Waals surface area contributed by atoms with Gasteiger partial charge >= 0.3 is 0 Å². The molecule has 0 spiro atoms. The molecule has 4 rings (SSSR count). The van der Waals surface area contributed by atoms with E-state index in [0.717, 1.165) is 62.9 Å². The molecule has 1 N–H and O–H groups in total. The highest BCUT2D eigenvalue weighted by molar-refractivity contribution is 7.19. The van der Waals surface area contributed by atoms with Crippen LogP contribution in [0.4, 0.5) is 0 Å². The van der Waals surface area contributed by atoms with Crippen LogP contribution in [0.15, 0.2) is 24.3 Å². The fourth-order valence-electron chi connectivity index (χ4n) is 4.06. The summed E-state index contributed by atoms with van der Waals surface area (Å²) in [4.78, 5) is 6.18. The Kier molecular flexibility index (Phi) is 5.60. The predicted molar refractivity (Wildman–Crippen MR) is 103 cm³/mol. The Labute approximate surface area is 157 Å². The number of hydrogen-bond acceptors (Lipinski definition) is 5. The molecule has 0 saturated carbocycles. The number of aliphatic hydroxyl groups is 1. The molecule has 0 radical (unpaired) electrons. The topological polar surface area (TPSA) is 35.9 Å². The SMILES string of the molecule is OC[C@@H]1CN(Cc2sc3ccccc3c2Cl)C[C@@H]1CN1CCOCC1. The fourth-order valence-corrected chi connectivity index (χ4v) is 5.60. The molecule has 6 heteroatoms. The molecule has 2 aliphatic rings. The van der Waals surface area contributed by atoms with Gasteiger partial charge in [0.2, 0.25) is 0 Å². The van der Waals surface area contributed by atoms with Gasteiger partial charge in [-0.25, -0.2) is 0 Å². The molecule has 1 aromatic carbocycles. The third-order valence-electron chi connectivity index (χ3n) is 5.45. The maximum absolute atomic E-state index is 9.83. The summed E-state index contributed by atoms with van der Waals surface area (Å²) in [6.07, 6.45) is 0. The van der Waals surface area contributed by atoms with E-state index in [1.54, 1.807) is 11.3 Å². The molecule has 25 heavy (non-hydrogen) atoms. The second-order valence-corrected chi connectivity index (χ2v) is 8.66. The first kappa shape index (κ1) is 17.7. The molecule has 2 atom stereocenters. The Morgan fingerprint density at radius 3 is 2.64 bits per heavy atom. The van der Waals surface area contributed by atoms with Gasteiger partial charge in [-0.1, -0.05) is 29.8 Å². The molecule has 4 nitrogen and oxygen atoms in total. The van der Waals surface area contributed by atoms with E-state index in [0.29, 0.717) is 11.8 Å². The van der Waals surface area contributed by atoms with Gasteiger partial charge < -0.3 is 9.84 Å². The van der Waals surface area contributed by atoms with E-state index in [4.69, 9.17) is 16.3 Å². The van der Waals surface area contributed by atoms with Gasteiger partial charge in [0, 0.05) is 60.8 Å². The van der Waals surface area contributed by atoms with Gasteiger partial charge in [-0.3, -0.25) is 9.80 Å². The highest BCUT2D eigenvalue weighted by Gasteiger charge is 2.34. The molecule has 2 aliphatic heterocycles. The van der Waals surface area contributed by atoms with E-state index in [9.17, 15) is 5.11 Å². The number of hydrogen-bond donors (Lipinski definition) is 1. The summed E-state index contributed by atoms with van der Waals surface area (Å²) in [5, 5.41) is 11.9. The molecule has 0 aliphatic carbocycles. The largest absolute Gasteiger partial charge is 0.396 e. The van der Waals surface area contributed by atoms with Crippen molar-refractivity contribution in [3.05, 3.63) is 34.2 Å². The lowest BCUT2D eigenvalue weighted by Gasteiger charge is -2.30. The van der Waals surface area contributed by atoms with Crippen molar-refractivity contribution >= 4 is 33.0 Å². The first-order chi connectivity index (χ1) is 12.2. The van der Waals surface area contributed by atoms with Crippen LogP contribution in [0.1, 0.15) is 4.88 Å². The van der Waals surface area contributed by atoms with Crippen LogP contribution in [0.25, 0.3) is 10.1 Å². The van der Waals surface area contributed by atoms with Crippen LogP contribution in [-0.4, -0.2) is 67.5 Å². The minimum absolute atomic E-state index is 0.269. The average Bonchev–Trinajstić information content (AvgIpc) is 3.17. The zero-order valence-electron chi connectivity index (χ0n) is 14.4. The van der Waals surface area contributed by atoms with Gasteiger partial charge in [-0.05, 0) is 17.9 Å². The number of thiophene rings is 1. The smallest absolute Gasteiger partial charge is 0.0637 e. The van der Waals surface area contributed by atoms with Crippen molar-refractivity contribution in [3.8, 4) is 0 Å². The van der Waals surface area contributed by atoms with Crippen molar-refractivity contribution in [1.82, 2.24) is 9.80 Å². The van der Waals surface area contributed by atoms with E-state index in [2.05, 4.69) is 28.0 Å². The Hall–Kier alpha value is -0.690. The Bertz CT molecular complexity index is 717. The van der Waals surface area contributed by atoms with Crippen molar-refractivity contribution in [1.29, 1.82) is 0 Å². The summed E-state index contributed by atoms with van der Waals surface area (Å²) in [7, 11) is 0. The molecule has 2 fully saturated rings. The number of likely N-dealkylation sites (tertiary alicyclic amines) is 1. The van der Waals surface area contributed by atoms with Crippen LogP contribution in [0.5, 0.6) is 0 Å². The second-order valence-electron chi connectivity index (χ2n) is 7.15. The first-order valence-electron chi connectivity index (χ1n) is 9.04. The number of morpholine rings is 1. The lowest BCUT2D eigenvalue weighted by atomic mass is 9.96. The van der Waals surface area contributed by atoms with Crippen LogP contribution in [0.3, 0.4) is 0 Å². The van der Waals surface area contributed by atoms with E-state index >= 15 is 0 Å². The summed E-state index contributed by atoms with van der Waals surface area (Å²) in [6, 6.07) is 8.34. The van der Waals surface area contributed by atoms with Crippen LogP contribution >= 0.6 is 22.9 Å². The highest BCUT2D eigenvalue weighted by Crippen LogP contribution is 2.37. The molecular formula is C19H25ClN2O2S. The van der Waals surface area contributed by atoms with Crippen molar-refractivity contribution in [2.45, 2.75) is 6.54 Å². The number of benzene rings is 1. The minimum atomic E-state index is 0.269. The normalized spacial score (nSPS) is 25.8. The Morgan fingerprint density at radius 2 is 1.88 bits per heavy atom. The number of aliphatic hydroxyl groups excluding tert-OH is 1. The predicted octanol–water partition coefficient (Wildman–Crippen LogP) is 2.93. The summed E-state index contributed by atoms with van der Waals surface area (Å²) in [5.74, 6) is 0.882. The van der Waals surface area contributed by atoms with Crippen molar-refractivity contribution in [2.24, 2.45) is 11.8 Å². The molecule has 0 bridgehead atoms. The zero-order valence-corrected chi connectivity index (χ0v) is 15.9. The number of fused-ring (bicyclic) bond motifs is 1. The van der Waals surface area contributed by atoms with Gasteiger partial charge in [0.05, 0.1) is 18.2 Å².